The van der Waals surface area contributed by atoms with E-state index in [0.717, 1.165) is 61.8 Å². The Hall–Kier alpha value is -2.49. The summed E-state index contributed by atoms with van der Waals surface area (Å²) < 4.78 is 6.36. The maximum absolute atomic E-state index is 11.4. The van der Waals surface area contributed by atoms with E-state index in [2.05, 4.69) is 26.0 Å². The summed E-state index contributed by atoms with van der Waals surface area (Å²) in [5, 5.41) is 19.2. The fourth-order valence-electron chi connectivity index (χ4n) is 4.04. The standard InChI is InChI=1S/C27H38O4/c1-19(2)9-6-12-22(26(29)30)13-7-10-20(3)11-8-15-27(5)16-14-23-18-24(28)17-21(4)25(23)31-27/h9,11,13,17-18,28H,6-8,10,12,14-16H2,1-5H3,(H,29,30)/b20-11+,22-13-/t27-/m1/s1. The van der Waals surface area contributed by atoms with Crippen LogP contribution in [0.4, 0.5) is 0 Å². The smallest absolute Gasteiger partial charge is 0.331 e. The lowest BCUT2D eigenvalue weighted by Gasteiger charge is -2.36. The molecular formula is C27H38O4. The Morgan fingerprint density at radius 2 is 1.81 bits per heavy atom. The lowest BCUT2D eigenvalue weighted by molar-refractivity contribution is -0.132. The zero-order chi connectivity index (χ0) is 23.0. The summed E-state index contributed by atoms with van der Waals surface area (Å²) in [6.07, 6.45) is 12.9. The SMILES string of the molecule is CC(C)=CCC/C(=C/CC/C(C)=C/CC[C@]1(C)CCc2cc(O)cc(C)c2O1)C(=O)O. The van der Waals surface area contributed by atoms with E-state index in [4.69, 9.17) is 4.74 Å². The molecule has 0 saturated carbocycles. The molecule has 0 fully saturated rings. The number of aliphatic carboxylic acids is 1. The molecule has 4 heteroatoms. The van der Waals surface area contributed by atoms with Crippen LogP contribution in [0.1, 0.15) is 83.8 Å². The minimum atomic E-state index is -0.810. The van der Waals surface area contributed by atoms with Gasteiger partial charge in [0.15, 0.2) is 0 Å². The Labute approximate surface area is 187 Å². The maximum atomic E-state index is 11.4. The van der Waals surface area contributed by atoms with E-state index in [1.54, 1.807) is 6.07 Å². The van der Waals surface area contributed by atoms with Gasteiger partial charge in [-0.15, -0.1) is 0 Å². The summed E-state index contributed by atoms with van der Waals surface area (Å²) in [6, 6.07) is 3.57. The number of carboxylic acid groups (broad SMARTS) is 1. The third-order valence-corrected chi connectivity index (χ3v) is 5.94. The van der Waals surface area contributed by atoms with Gasteiger partial charge in [-0.1, -0.05) is 29.4 Å². The first kappa shape index (κ1) is 24.8. The number of fused-ring (bicyclic) bond motifs is 1. The fraction of sp³-hybridized carbons (Fsp3) is 0.519. The van der Waals surface area contributed by atoms with Crippen molar-refractivity contribution in [3.05, 3.63) is 58.2 Å². The summed E-state index contributed by atoms with van der Waals surface area (Å²) in [5.41, 5.74) is 4.88. The van der Waals surface area contributed by atoms with Crippen molar-refractivity contribution in [3.63, 3.8) is 0 Å². The number of aromatic hydroxyl groups is 1. The highest BCUT2D eigenvalue weighted by atomic mass is 16.5. The van der Waals surface area contributed by atoms with Gasteiger partial charge < -0.3 is 14.9 Å². The van der Waals surface area contributed by atoms with Gasteiger partial charge >= 0.3 is 5.97 Å². The fourth-order valence-corrected chi connectivity index (χ4v) is 4.04. The van der Waals surface area contributed by atoms with Crippen molar-refractivity contribution < 1.29 is 19.7 Å². The van der Waals surface area contributed by atoms with Crippen LogP contribution in [0, 0.1) is 6.92 Å². The molecule has 2 N–H and O–H groups in total. The average Bonchev–Trinajstić information content (AvgIpc) is 2.67. The van der Waals surface area contributed by atoms with E-state index in [0.29, 0.717) is 17.7 Å². The van der Waals surface area contributed by atoms with E-state index >= 15 is 0 Å². The molecule has 1 heterocycles. The second-order valence-electron chi connectivity index (χ2n) is 9.29. The normalized spacial score (nSPS) is 18.9. The first-order chi connectivity index (χ1) is 14.6. The molecule has 0 spiro atoms. The van der Waals surface area contributed by atoms with Crippen LogP contribution in [0.25, 0.3) is 0 Å². The monoisotopic (exact) mass is 426 g/mol. The van der Waals surface area contributed by atoms with Crippen molar-refractivity contribution in [2.75, 3.05) is 0 Å². The van der Waals surface area contributed by atoms with Crippen molar-refractivity contribution in [2.24, 2.45) is 0 Å². The molecule has 0 unspecified atom stereocenters. The quantitative estimate of drug-likeness (QED) is 0.311. The average molecular weight is 427 g/mol. The molecule has 1 aliphatic heterocycles. The largest absolute Gasteiger partial charge is 0.508 e. The number of carboxylic acids is 1. The van der Waals surface area contributed by atoms with Crippen LogP contribution in [0.15, 0.2) is 47.1 Å². The summed E-state index contributed by atoms with van der Waals surface area (Å²) in [7, 11) is 0. The lowest BCUT2D eigenvalue weighted by atomic mass is 9.87. The number of benzene rings is 1. The number of rotatable bonds is 10. The predicted molar refractivity (Wildman–Crippen MR) is 127 cm³/mol. The first-order valence-corrected chi connectivity index (χ1v) is 11.3. The summed E-state index contributed by atoms with van der Waals surface area (Å²) >= 11 is 0. The van der Waals surface area contributed by atoms with Gasteiger partial charge in [-0.05, 0) is 109 Å². The van der Waals surface area contributed by atoms with Crippen molar-refractivity contribution in [3.8, 4) is 11.5 Å². The van der Waals surface area contributed by atoms with Gasteiger partial charge in [0, 0.05) is 5.57 Å². The highest BCUT2D eigenvalue weighted by Gasteiger charge is 2.31. The Balaban J connectivity index is 1.85. The molecular weight excluding hydrogens is 388 g/mol. The van der Waals surface area contributed by atoms with E-state index in [1.165, 1.54) is 11.1 Å². The van der Waals surface area contributed by atoms with Crippen molar-refractivity contribution in [1.82, 2.24) is 0 Å². The molecule has 2 rings (SSSR count). The second-order valence-corrected chi connectivity index (χ2v) is 9.29. The molecule has 0 aliphatic carbocycles. The molecule has 1 aromatic rings. The van der Waals surface area contributed by atoms with Crippen LogP contribution in [0.3, 0.4) is 0 Å². The molecule has 0 bridgehead atoms. The van der Waals surface area contributed by atoms with Gasteiger partial charge in [0.05, 0.1) is 0 Å². The molecule has 4 nitrogen and oxygen atoms in total. The summed E-state index contributed by atoms with van der Waals surface area (Å²) in [6.45, 7) is 10.3. The van der Waals surface area contributed by atoms with Crippen molar-refractivity contribution >= 4 is 5.97 Å². The van der Waals surface area contributed by atoms with E-state index in [-0.39, 0.29) is 5.60 Å². The highest BCUT2D eigenvalue weighted by Crippen LogP contribution is 2.39. The number of aryl methyl sites for hydroxylation is 2. The third-order valence-electron chi connectivity index (χ3n) is 5.94. The topological polar surface area (TPSA) is 66.8 Å². The van der Waals surface area contributed by atoms with Crippen LogP contribution < -0.4 is 4.74 Å². The Kier molecular flexibility index (Phi) is 8.97. The van der Waals surface area contributed by atoms with E-state index in [1.807, 2.05) is 32.9 Å². The van der Waals surface area contributed by atoms with Crippen LogP contribution >= 0.6 is 0 Å². The number of hydrogen-bond acceptors (Lipinski definition) is 3. The number of hydrogen-bond donors (Lipinski definition) is 2. The highest BCUT2D eigenvalue weighted by molar-refractivity contribution is 5.86. The van der Waals surface area contributed by atoms with Gasteiger partial charge in [-0.2, -0.15) is 0 Å². The van der Waals surface area contributed by atoms with Gasteiger partial charge in [0.25, 0.3) is 0 Å². The number of allylic oxidation sites excluding steroid dienone is 5. The summed E-state index contributed by atoms with van der Waals surface area (Å²) in [4.78, 5) is 11.4. The van der Waals surface area contributed by atoms with Crippen LogP contribution in [-0.4, -0.2) is 21.8 Å². The second kappa shape index (κ2) is 11.2. The number of carbonyl (C=O) groups is 1. The van der Waals surface area contributed by atoms with Crippen LogP contribution in [0.5, 0.6) is 11.5 Å². The van der Waals surface area contributed by atoms with Gasteiger partial charge in [0.2, 0.25) is 0 Å². The minimum absolute atomic E-state index is 0.202. The number of ether oxygens (including phenoxy) is 1. The Bertz CT molecular complexity index is 871. The summed E-state index contributed by atoms with van der Waals surface area (Å²) in [5.74, 6) is 0.417. The zero-order valence-electron chi connectivity index (χ0n) is 19.8. The molecule has 0 amide bonds. The molecule has 1 atom stereocenters. The van der Waals surface area contributed by atoms with Gasteiger partial charge in [-0.3, -0.25) is 0 Å². The molecule has 0 radical (unpaired) electrons. The van der Waals surface area contributed by atoms with Gasteiger partial charge in [-0.25, -0.2) is 4.79 Å². The van der Waals surface area contributed by atoms with Crippen molar-refractivity contribution in [2.45, 2.75) is 91.6 Å². The van der Waals surface area contributed by atoms with Crippen LogP contribution in [-0.2, 0) is 11.2 Å². The molecule has 31 heavy (non-hydrogen) atoms. The van der Waals surface area contributed by atoms with Crippen LogP contribution in [0.2, 0.25) is 0 Å². The van der Waals surface area contributed by atoms with Crippen molar-refractivity contribution in [1.29, 1.82) is 0 Å². The Morgan fingerprint density at radius 1 is 1.10 bits per heavy atom. The van der Waals surface area contributed by atoms with E-state index in [9.17, 15) is 15.0 Å². The number of phenols is 1. The molecule has 1 aliphatic rings. The number of phenolic OH excluding ortho intramolecular Hbond substituents is 1. The lowest BCUT2D eigenvalue weighted by Crippen LogP contribution is -2.36. The predicted octanol–water partition coefficient (Wildman–Crippen LogP) is 7.05. The molecule has 170 valence electrons. The zero-order valence-corrected chi connectivity index (χ0v) is 19.8. The molecule has 0 aromatic heterocycles. The maximum Gasteiger partial charge on any atom is 0.331 e. The molecule has 0 saturated heterocycles. The Morgan fingerprint density at radius 3 is 2.48 bits per heavy atom. The van der Waals surface area contributed by atoms with E-state index < -0.39 is 5.97 Å². The molecule has 1 aromatic carbocycles. The van der Waals surface area contributed by atoms with Gasteiger partial charge in [0.1, 0.15) is 17.1 Å². The third kappa shape index (κ3) is 7.93. The first-order valence-electron chi connectivity index (χ1n) is 11.3. The minimum Gasteiger partial charge on any atom is -0.508 e.